The van der Waals surface area contributed by atoms with E-state index in [4.69, 9.17) is 17.3 Å². The number of benzene rings is 1. The van der Waals surface area contributed by atoms with Crippen molar-refractivity contribution in [1.82, 2.24) is 5.32 Å². The number of nitrogens with zero attached hydrogens (tertiary/aromatic N) is 1. The molecule has 0 atom stereocenters. The third-order valence-electron chi connectivity index (χ3n) is 1.59. The Bertz CT molecular complexity index is 474. The first-order valence-electron chi connectivity index (χ1n) is 3.96. The van der Waals surface area contributed by atoms with Gasteiger partial charge >= 0.3 is 6.03 Å². The monoisotopic (exact) mass is 243 g/mol. The van der Waals surface area contributed by atoms with Crippen LogP contribution < -0.4 is 11.1 Å². The van der Waals surface area contributed by atoms with Gasteiger partial charge in [0.2, 0.25) is 0 Å². The molecular formula is C8H6ClN3O4. The van der Waals surface area contributed by atoms with E-state index < -0.39 is 16.9 Å². The largest absolute Gasteiger partial charge is 0.351 e. The number of urea groups is 1. The van der Waals surface area contributed by atoms with Crippen LogP contribution in [-0.2, 0) is 0 Å². The normalized spacial score (nSPS) is 9.56. The highest BCUT2D eigenvalue weighted by molar-refractivity contribution is 6.31. The van der Waals surface area contributed by atoms with Gasteiger partial charge in [0.25, 0.3) is 11.6 Å². The second-order valence-electron chi connectivity index (χ2n) is 2.77. The molecule has 3 amide bonds. The standard InChI is InChI=1S/C8H6ClN3O4/c9-5-1-4(7(13)11-8(10)14)2-6(3-5)12(15)16/h1-3H,(H3,10,11,13,14). The zero-order valence-electron chi connectivity index (χ0n) is 7.77. The van der Waals surface area contributed by atoms with Crippen molar-refractivity contribution in [2.24, 2.45) is 5.73 Å². The van der Waals surface area contributed by atoms with Crippen molar-refractivity contribution < 1.29 is 14.5 Å². The molecule has 0 aliphatic heterocycles. The van der Waals surface area contributed by atoms with E-state index in [0.29, 0.717) is 0 Å². The smallest absolute Gasteiger partial charge is 0.319 e. The van der Waals surface area contributed by atoms with E-state index in [1.807, 2.05) is 0 Å². The fourth-order valence-corrected chi connectivity index (χ4v) is 1.22. The Balaban J connectivity index is 3.09. The van der Waals surface area contributed by atoms with Crippen molar-refractivity contribution in [3.63, 3.8) is 0 Å². The second kappa shape index (κ2) is 4.58. The summed E-state index contributed by atoms with van der Waals surface area (Å²) in [7, 11) is 0. The van der Waals surface area contributed by atoms with Gasteiger partial charge in [-0.25, -0.2) is 4.79 Å². The molecule has 16 heavy (non-hydrogen) atoms. The number of nitrogens with one attached hydrogen (secondary N) is 1. The first-order valence-corrected chi connectivity index (χ1v) is 4.33. The number of non-ortho nitro benzene ring substituents is 1. The van der Waals surface area contributed by atoms with E-state index in [1.165, 1.54) is 6.07 Å². The van der Waals surface area contributed by atoms with E-state index in [0.717, 1.165) is 12.1 Å². The Morgan fingerprint density at radius 1 is 1.38 bits per heavy atom. The lowest BCUT2D eigenvalue weighted by atomic mass is 10.2. The quantitative estimate of drug-likeness (QED) is 0.597. The van der Waals surface area contributed by atoms with Gasteiger partial charge in [-0.15, -0.1) is 0 Å². The summed E-state index contributed by atoms with van der Waals surface area (Å²) in [5, 5.41) is 12.3. The van der Waals surface area contributed by atoms with Crippen LogP contribution in [0.3, 0.4) is 0 Å². The van der Waals surface area contributed by atoms with E-state index in [-0.39, 0.29) is 16.3 Å². The Kier molecular flexibility index (Phi) is 3.41. The van der Waals surface area contributed by atoms with Crippen molar-refractivity contribution in [3.8, 4) is 0 Å². The van der Waals surface area contributed by atoms with Crippen molar-refractivity contribution in [2.45, 2.75) is 0 Å². The van der Waals surface area contributed by atoms with Crippen LogP contribution in [0.5, 0.6) is 0 Å². The Morgan fingerprint density at radius 3 is 2.50 bits per heavy atom. The number of amides is 3. The molecule has 1 aromatic carbocycles. The number of primary amides is 1. The summed E-state index contributed by atoms with van der Waals surface area (Å²) < 4.78 is 0. The molecule has 0 aliphatic carbocycles. The van der Waals surface area contributed by atoms with Crippen molar-refractivity contribution in [1.29, 1.82) is 0 Å². The fraction of sp³-hybridized carbons (Fsp3) is 0. The maximum Gasteiger partial charge on any atom is 0.319 e. The molecule has 0 bridgehead atoms. The van der Waals surface area contributed by atoms with Gasteiger partial charge in [-0.2, -0.15) is 0 Å². The second-order valence-corrected chi connectivity index (χ2v) is 3.21. The molecular weight excluding hydrogens is 238 g/mol. The lowest BCUT2D eigenvalue weighted by Gasteiger charge is -2.01. The van der Waals surface area contributed by atoms with E-state index in [9.17, 15) is 19.7 Å². The van der Waals surface area contributed by atoms with E-state index in [1.54, 1.807) is 5.32 Å². The predicted octanol–water partition coefficient (Wildman–Crippen LogP) is 1.06. The number of nitro groups is 1. The Hall–Kier alpha value is -2.15. The van der Waals surface area contributed by atoms with Gasteiger partial charge in [0.15, 0.2) is 0 Å². The summed E-state index contributed by atoms with van der Waals surface area (Å²) in [5.74, 6) is -0.849. The summed E-state index contributed by atoms with van der Waals surface area (Å²) >= 11 is 5.57. The third kappa shape index (κ3) is 2.92. The highest BCUT2D eigenvalue weighted by Crippen LogP contribution is 2.20. The Labute approximate surface area is 94.3 Å². The topological polar surface area (TPSA) is 115 Å². The van der Waals surface area contributed by atoms with Gasteiger partial charge in [0.05, 0.1) is 4.92 Å². The number of hydrogen-bond acceptors (Lipinski definition) is 4. The SMILES string of the molecule is NC(=O)NC(=O)c1cc(Cl)cc([N+](=O)[O-])c1. The number of hydrogen-bond donors (Lipinski definition) is 2. The van der Waals surface area contributed by atoms with Crippen LogP contribution in [-0.4, -0.2) is 16.9 Å². The molecule has 0 saturated carbocycles. The lowest BCUT2D eigenvalue weighted by Crippen LogP contribution is -2.34. The minimum atomic E-state index is -1.05. The van der Waals surface area contributed by atoms with Gasteiger partial charge in [-0.3, -0.25) is 20.2 Å². The number of imide groups is 1. The third-order valence-corrected chi connectivity index (χ3v) is 1.81. The number of carbonyl (C=O) groups is 2. The number of nitro benzene ring substituents is 1. The molecule has 0 aromatic heterocycles. The highest BCUT2D eigenvalue weighted by atomic mass is 35.5. The van der Waals surface area contributed by atoms with Gasteiger partial charge in [0.1, 0.15) is 0 Å². The Morgan fingerprint density at radius 2 is 2.00 bits per heavy atom. The molecule has 0 radical (unpaired) electrons. The number of carbonyl (C=O) groups excluding carboxylic acids is 2. The van der Waals surface area contributed by atoms with Crippen LogP contribution in [0.1, 0.15) is 10.4 Å². The molecule has 7 nitrogen and oxygen atoms in total. The molecule has 0 spiro atoms. The number of halogens is 1. The molecule has 84 valence electrons. The molecule has 1 rings (SSSR count). The molecule has 1 aromatic rings. The van der Waals surface area contributed by atoms with E-state index in [2.05, 4.69) is 0 Å². The number of nitrogens with two attached hydrogens (primary N) is 1. The highest BCUT2D eigenvalue weighted by Gasteiger charge is 2.14. The van der Waals surface area contributed by atoms with Gasteiger partial charge in [-0.1, -0.05) is 11.6 Å². The van der Waals surface area contributed by atoms with Crippen molar-refractivity contribution in [2.75, 3.05) is 0 Å². The predicted molar refractivity (Wildman–Crippen MR) is 55.2 cm³/mol. The molecule has 0 heterocycles. The average Bonchev–Trinajstić information content (AvgIpc) is 2.15. The van der Waals surface area contributed by atoms with Crippen LogP contribution in [0.15, 0.2) is 18.2 Å². The molecule has 0 aliphatic rings. The first kappa shape index (κ1) is 11.9. The van der Waals surface area contributed by atoms with Gasteiger partial charge in [-0.05, 0) is 6.07 Å². The van der Waals surface area contributed by atoms with E-state index >= 15 is 0 Å². The maximum absolute atomic E-state index is 11.3. The zero-order valence-corrected chi connectivity index (χ0v) is 8.52. The van der Waals surface area contributed by atoms with Crippen LogP contribution in [0.2, 0.25) is 5.02 Å². The maximum atomic E-state index is 11.3. The minimum absolute atomic E-state index is 0.0174. The van der Waals surface area contributed by atoms with Crippen LogP contribution in [0.4, 0.5) is 10.5 Å². The summed E-state index contributed by atoms with van der Waals surface area (Å²) in [6, 6.07) is 2.21. The summed E-state index contributed by atoms with van der Waals surface area (Å²) in [6.45, 7) is 0. The van der Waals surface area contributed by atoms with Crippen molar-refractivity contribution in [3.05, 3.63) is 38.9 Å². The molecule has 0 saturated heterocycles. The van der Waals surface area contributed by atoms with Crippen LogP contribution in [0, 0.1) is 10.1 Å². The first-order chi connectivity index (χ1) is 7.40. The average molecular weight is 244 g/mol. The van der Waals surface area contributed by atoms with Crippen LogP contribution in [0.25, 0.3) is 0 Å². The minimum Gasteiger partial charge on any atom is -0.351 e. The van der Waals surface area contributed by atoms with Crippen molar-refractivity contribution >= 4 is 29.2 Å². The lowest BCUT2D eigenvalue weighted by molar-refractivity contribution is -0.384. The molecule has 0 fully saturated rings. The van der Waals surface area contributed by atoms with Crippen LogP contribution >= 0.6 is 11.6 Å². The number of rotatable bonds is 2. The summed E-state index contributed by atoms with van der Waals surface area (Å²) in [5.41, 5.74) is 4.27. The van der Waals surface area contributed by atoms with Gasteiger partial charge < -0.3 is 5.73 Å². The molecule has 8 heteroatoms. The zero-order chi connectivity index (χ0) is 12.3. The molecule has 0 unspecified atom stereocenters. The fourth-order valence-electron chi connectivity index (χ4n) is 0.995. The summed E-state index contributed by atoms with van der Waals surface area (Å²) in [6.07, 6.45) is 0. The molecule has 3 N–H and O–H groups in total. The van der Waals surface area contributed by atoms with Gasteiger partial charge in [0, 0.05) is 22.7 Å². The summed E-state index contributed by atoms with van der Waals surface area (Å²) in [4.78, 5) is 31.5.